The molecule has 0 aliphatic carbocycles. The van der Waals surface area contributed by atoms with E-state index in [4.69, 9.17) is 19.6 Å². The minimum Gasteiger partial charge on any atom is -0.493 e. The highest BCUT2D eigenvalue weighted by atomic mass is 16.5. The van der Waals surface area contributed by atoms with Crippen LogP contribution in [0.4, 0.5) is 0 Å². The molecule has 2 aromatic rings. The molecular weight excluding hydrogens is 220 g/mol. The Morgan fingerprint density at radius 1 is 1.24 bits per heavy atom. The first-order valence-corrected chi connectivity index (χ1v) is 5.15. The fraction of sp³-hybridized carbons (Fsp3) is 0.250. The van der Waals surface area contributed by atoms with E-state index >= 15 is 0 Å². The van der Waals surface area contributed by atoms with Gasteiger partial charge in [0.05, 0.1) is 19.9 Å². The summed E-state index contributed by atoms with van der Waals surface area (Å²) in [5.74, 6) is 1.82. The zero-order valence-corrected chi connectivity index (χ0v) is 9.77. The van der Waals surface area contributed by atoms with E-state index in [2.05, 4.69) is 4.98 Å². The molecule has 2 N–H and O–H groups in total. The van der Waals surface area contributed by atoms with E-state index in [1.165, 1.54) is 0 Å². The Labute approximate surface area is 99.2 Å². The number of nitrogens with two attached hydrogens (primary N) is 1. The maximum atomic E-state index is 5.48. The first-order valence-electron chi connectivity index (χ1n) is 5.15. The van der Waals surface area contributed by atoms with Crippen molar-refractivity contribution in [2.24, 2.45) is 5.73 Å². The number of hydrogen-bond donors (Lipinski definition) is 1. The van der Waals surface area contributed by atoms with Crippen molar-refractivity contribution in [2.75, 3.05) is 14.2 Å². The zero-order valence-electron chi connectivity index (χ0n) is 9.77. The van der Waals surface area contributed by atoms with Crippen LogP contribution in [0.5, 0.6) is 11.5 Å². The topological polar surface area (TPSA) is 70.5 Å². The molecule has 0 fully saturated rings. The molecule has 2 rings (SSSR count). The van der Waals surface area contributed by atoms with Gasteiger partial charge in [-0.25, -0.2) is 4.98 Å². The fourth-order valence-corrected chi connectivity index (χ4v) is 1.50. The average molecular weight is 234 g/mol. The van der Waals surface area contributed by atoms with Crippen LogP contribution in [0.1, 0.15) is 5.69 Å². The number of oxazole rings is 1. The van der Waals surface area contributed by atoms with Gasteiger partial charge in [-0.15, -0.1) is 0 Å². The van der Waals surface area contributed by atoms with Crippen molar-refractivity contribution in [3.8, 4) is 23.0 Å². The highest BCUT2D eigenvalue weighted by Gasteiger charge is 2.10. The van der Waals surface area contributed by atoms with Crippen molar-refractivity contribution in [3.63, 3.8) is 0 Å². The minimum absolute atomic E-state index is 0.358. The third-order valence-electron chi connectivity index (χ3n) is 2.39. The molecule has 1 aromatic heterocycles. The first kappa shape index (κ1) is 11.5. The minimum atomic E-state index is 0.358. The van der Waals surface area contributed by atoms with Crippen LogP contribution in [-0.4, -0.2) is 19.2 Å². The Bertz CT molecular complexity index is 508. The molecule has 0 bridgehead atoms. The Morgan fingerprint density at radius 3 is 2.59 bits per heavy atom. The summed E-state index contributed by atoms with van der Waals surface area (Å²) in [6, 6.07) is 5.47. The summed E-state index contributed by atoms with van der Waals surface area (Å²) in [5.41, 5.74) is 7.01. The van der Waals surface area contributed by atoms with Crippen LogP contribution < -0.4 is 15.2 Å². The van der Waals surface area contributed by atoms with E-state index in [-0.39, 0.29) is 0 Å². The van der Waals surface area contributed by atoms with Crippen molar-refractivity contribution in [2.45, 2.75) is 6.54 Å². The van der Waals surface area contributed by atoms with Crippen molar-refractivity contribution in [3.05, 3.63) is 30.2 Å². The Balaban J connectivity index is 2.38. The highest BCUT2D eigenvalue weighted by molar-refractivity contribution is 5.60. The van der Waals surface area contributed by atoms with Crippen LogP contribution in [0, 0.1) is 0 Å². The van der Waals surface area contributed by atoms with Gasteiger partial charge >= 0.3 is 0 Å². The molecule has 0 aliphatic rings. The molecule has 17 heavy (non-hydrogen) atoms. The van der Waals surface area contributed by atoms with Crippen LogP contribution >= 0.6 is 0 Å². The summed E-state index contributed by atoms with van der Waals surface area (Å²) in [5, 5.41) is 0. The van der Waals surface area contributed by atoms with Gasteiger partial charge in [-0.2, -0.15) is 0 Å². The molecule has 0 saturated heterocycles. The van der Waals surface area contributed by atoms with Gasteiger partial charge in [0, 0.05) is 12.1 Å². The molecule has 0 aliphatic heterocycles. The van der Waals surface area contributed by atoms with Crippen molar-refractivity contribution in [1.82, 2.24) is 4.98 Å². The standard InChI is InChI=1S/C12H14N2O3/c1-15-10-4-3-8(5-11(10)16-2)12-14-9(6-13)7-17-12/h3-5,7H,6,13H2,1-2H3. The lowest BCUT2D eigenvalue weighted by Gasteiger charge is -2.07. The molecule has 0 atom stereocenters. The second kappa shape index (κ2) is 4.88. The Kier molecular flexibility index (Phi) is 3.30. The van der Waals surface area contributed by atoms with Gasteiger partial charge in [0.2, 0.25) is 5.89 Å². The predicted molar refractivity (Wildman–Crippen MR) is 62.9 cm³/mol. The van der Waals surface area contributed by atoms with Gasteiger partial charge < -0.3 is 19.6 Å². The van der Waals surface area contributed by atoms with E-state index in [0.29, 0.717) is 23.9 Å². The molecule has 1 aromatic carbocycles. The number of hydrogen-bond acceptors (Lipinski definition) is 5. The van der Waals surface area contributed by atoms with Crippen LogP contribution in [-0.2, 0) is 6.54 Å². The quantitative estimate of drug-likeness (QED) is 0.873. The maximum Gasteiger partial charge on any atom is 0.226 e. The molecule has 1 heterocycles. The molecule has 5 nitrogen and oxygen atoms in total. The van der Waals surface area contributed by atoms with E-state index in [1.807, 2.05) is 12.1 Å². The molecule has 90 valence electrons. The van der Waals surface area contributed by atoms with Gasteiger partial charge in [-0.3, -0.25) is 0 Å². The SMILES string of the molecule is COc1ccc(-c2nc(CN)co2)cc1OC. The second-order valence-electron chi connectivity index (χ2n) is 3.42. The lowest BCUT2D eigenvalue weighted by Crippen LogP contribution is -1.95. The van der Waals surface area contributed by atoms with Crippen molar-refractivity contribution < 1.29 is 13.9 Å². The zero-order chi connectivity index (χ0) is 12.3. The summed E-state index contributed by atoms with van der Waals surface area (Å²) >= 11 is 0. The van der Waals surface area contributed by atoms with E-state index in [9.17, 15) is 0 Å². The molecule has 5 heteroatoms. The van der Waals surface area contributed by atoms with E-state index in [1.54, 1.807) is 26.5 Å². The predicted octanol–water partition coefficient (Wildman–Crippen LogP) is 1.82. The lowest BCUT2D eigenvalue weighted by molar-refractivity contribution is 0.355. The second-order valence-corrected chi connectivity index (χ2v) is 3.42. The molecular formula is C12H14N2O3. The number of nitrogens with zero attached hydrogens (tertiary/aromatic N) is 1. The highest BCUT2D eigenvalue weighted by Crippen LogP contribution is 2.31. The third kappa shape index (κ3) is 2.24. The lowest BCUT2D eigenvalue weighted by atomic mass is 10.2. The third-order valence-corrected chi connectivity index (χ3v) is 2.39. The number of benzene rings is 1. The summed E-state index contributed by atoms with van der Waals surface area (Å²) in [6.07, 6.45) is 1.55. The van der Waals surface area contributed by atoms with Crippen LogP contribution in [0.3, 0.4) is 0 Å². The van der Waals surface area contributed by atoms with Gasteiger partial charge in [-0.1, -0.05) is 0 Å². The average Bonchev–Trinajstić information content (AvgIpc) is 2.86. The molecule has 0 radical (unpaired) electrons. The fourth-order valence-electron chi connectivity index (χ4n) is 1.50. The normalized spacial score (nSPS) is 10.3. The number of rotatable bonds is 4. The van der Waals surface area contributed by atoms with Gasteiger partial charge in [0.15, 0.2) is 11.5 Å². The monoisotopic (exact) mass is 234 g/mol. The summed E-state index contributed by atoms with van der Waals surface area (Å²) < 4.78 is 15.7. The van der Waals surface area contributed by atoms with Crippen LogP contribution in [0.25, 0.3) is 11.5 Å². The van der Waals surface area contributed by atoms with Gasteiger partial charge in [0.1, 0.15) is 6.26 Å². The number of aromatic nitrogens is 1. The van der Waals surface area contributed by atoms with Gasteiger partial charge in [0.25, 0.3) is 0 Å². The van der Waals surface area contributed by atoms with Crippen molar-refractivity contribution >= 4 is 0 Å². The van der Waals surface area contributed by atoms with E-state index < -0.39 is 0 Å². The molecule has 0 amide bonds. The van der Waals surface area contributed by atoms with E-state index in [0.717, 1.165) is 11.3 Å². The molecule has 0 saturated carbocycles. The molecule has 0 spiro atoms. The maximum absolute atomic E-state index is 5.48. The Morgan fingerprint density at radius 2 is 2.00 bits per heavy atom. The summed E-state index contributed by atoms with van der Waals surface area (Å²) in [7, 11) is 3.18. The largest absolute Gasteiger partial charge is 0.493 e. The number of ether oxygens (including phenoxy) is 2. The van der Waals surface area contributed by atoms with Gasteiger partial charge in [-0.05, 0) is 18.2 Å². The Hall–Kier alpha value is -2.01. The number of methoxy groups -OCH3 is 2. The smallest absolute Gasteiger partial charge is 0.226 e. The first-order chi connectivity index (χ1) is 8.28. The van der Waals surface area contributed by atoms with Crippen molar-refractivity contribution in [1.29, 1.82) is 0 Å². The van der Waals surface area contributed by atoms with Crippen LogP contribution in [0.15, 0.2) is 28.9 Å². The molecule has 0 unspecified atom stereocenters. The summed E-state index contributed by atoms with van der Waals surface area (Å²) in [4.78, 5) is 4.24. The van der Waals surface area contributed by atoms with Crippen LogP contribution in [0.2, 0.25) is 0 Å². The summed E-state index contributed by atoms with van der Waals surface area (Å²) in [6.45, 7) is 0.358.